The Kier molecular flexibility index (Phi) is 5.19. The molecule has 0 aliphatic carbocycles. The van der Waals surface area contributed by atoms with Gasteiger partial charge in [-0.15, -0.1) is 0 Å². The molecule has 2 aromatic carbocycles. The quantitative estimate of drug-likeness (QED) is 0.772. The van der Waals surface area contributed by atoms with Gasteiger partial charge in [-0.25, -0.2) is 17.5 Å². The maximum atomic E-state index is 13.7. The van der Waals surface area contributed by atoms with Gasteiger partial charge in [-0.1, -0.05) is 34.1 Å². The van der Waals surface area contributed by atoms with Crippen molar-refractivity contribution in [2.45, 2.75) is 17.9 Å². The van der Waals surface area contributed by atoms with Crippen molar-refractivity contribution >= 4 is 41.9 Å². The molecule has 0 aliphatic rings. The lowest BCUT2D eigenvalue weighted by atomic mass is 10.1. The third-order valence-electron chi connectivity index (χ3n) is 2.89. The lowest BCUT2D eigenvalue weighted by Crippen LogP contribution is -2.27. The summed E-state index contributed by atoms with van der Waals surface area (Å²) in [7, 11) is -3.77. The Bertz CT molecular complexity index is 765. The number of benzene rings is 2. The van der Waals surface area contributed by atoms with Gasteiger partial charge in [0, 0.05) is 20.6 Å². The fraction of sp³-hybridized carbons (Fsp3) is 0.143. The second-order valence-electron chi connectivity index (χ2n) is 4.44. The molecule has 0 fully saturated rings. The van der Waals surface area contributed by atoms with Crippen molar-refractivity contribution in [3.8, 4) is 0 Å². The molecule has 1 N–H and O–H groups in total. The zero-order valence-electron chi connectivity index (χ0n) is 11.0. The summed E-state index contributed by atoms with van der Waals surface area (Å²) in [5, 5.41) is 0. The SMILES string of the molecule is C[C@@H](NS(=O)(=O)c1cc(Br)ccc1Br)c1ccccc1F. The largest absolute Gasteiger partial charge is 0.242 e. The van der Waals surface area contributed by atoms with Crippen LogP contribution >= 0.6 is 31.9 Å². The summed E-state index contributed by atoms with van der Waals surface area (Å²) in [6.45, 7) is 1.60. The third-order valence-corrected chi connectivity index (χ3v) is 5.91. The molecule has 1 atom stereocenters. The van der Waals surface area contributed by atoms with Gasteiger partial charge < -0.3 is 0 Å². The highest BCUT2D eigenvalue weighted by molar-refractivity contribution is 9.11. The van der Waals surface area contributed by atoms with Gasteiger partial charge in [-0.3, -0.25) is 0 Å². The van der Waals surface area contributed by atoms with E-state index in [1.54, 1.807) is 37.3 Å². The van der Waals surface area contributed by atoms with Gasteiger partial charge in [-0.05, 0) is 47.1 Å². The summed E-state index contributed by atoms with van der Waals surface area (Å²) >= 11 is 6.45. The molecule has 0 spiro atoms. The first-order valence-corrected chi connectivity index (χ1v) is 9.10. The minimum Gasteiger partial charge on any atom is -0.207 e. The first-order chi connectivity index (χ1) is 9.81. The molecule has 0 aromatic heterocycles. The van der Waals surface area contributed by atoms with Crippen molar-refractivity contribution in [2.24, 2.45) is 0 Å². The molecule has 21 heavy (non-hydrogen) atoms. The monoisotopic (exact) mass is 435 g/mol. The molecule has 0 amide bonds. The smallest absolute Gasteiger partial charge is 0.207 e. The highest BCUT2D eigenvalue weighted by Crippen LogP contribution is 2.27. The predicted molar refractivity (Wildman–Crippen MR) is 87.0 cm³/mol. The van der Waals surface area contributed by atoms with Gasteiger partial charge in [0.05, 0.1) is 4.90 Å². The summed E-state index contributed by atoms with van der Waals surface area (Å²) in [6.07, 6.45) is 0. The molecule has 2 aromatic rings. The lowest BCUT2D eigenvalue weighted by Gasteiger charge is -2.16. The molecule has 2 rings (SSSR count). The van der Waals surface area contributed by atoms with Crippen LogP contribution < -0.4 is 4.72 Å². The fourth-order valence-corrected chi connectivity index (χ4v) is 4.59. The summed E-state index contributed by atoms with van der Waals surface area (Å²) in [6, 6.07) is 10.2. The number of rotatable bonds is 4. The van der Waals surface area contributed by atoms with Crippen LogP contribution in [-0.2, 0) is 10.0 Å². The summed E-state index contributed by atoms with van der Waals surface area (Å²) in [4.78, 5) is 0.0973. The van der Waals surface area contributed by atoms with E-state index in [1.807, 2.05) is 0 Å². The van der Waals surface area contributed by atoms with E-state index < -0.39 is 21.9 Å². The van der Waals surface area contributed by atoms with E-state index in [9.17, 15) is 12.8 Å². The highest BCUT2D eigenvalue weighted by atomic mass is 79.9. The van der Waals surface area contributed by atoms with Gasteiger partial charge in [0.15, 0.2) is 0 Å². The Hall–Kier alpha value is -0.760. The fourth-order valence-electron chi connectivity index (χ4n) is 1.87. The van der Waals surface area contributed by atoms with Crippen LogP contribution in [0, 0.1) is 5.82 Å². The standard InChI is InChI=1S/C14H12Br2FNO2S/c1-9(11-4-2-3-5-13(11)17)18-21(19,20)14-8-10(15)6-7-12(14)16/h2-9,18H,1H3/t9-/m1/s1. The van der Waals surface area contributed by atoms with Crippen molar-refractivity contribution < 1.29 is 12.8 Å². The van der Waals surface area contributed by atoms with Crippen molar-refractivity contribution in [2.75, 3.05) is 0 Å². The molecule has 112 valence electrons. The third kappa shape index (κ3) is 3.91. The molecule has 7 heteroatoms. The molecular weight excluding hydrogens is 425 g/mol. The van der Waals surface area contributed by atoms with E-state index in [2.05, 4.69) is 36.6 Å². The molecule has 0 aliphatic heterocycles. The second-order valence-corrected chi connectivity index (χ2v) is 7.89. The predicted octanol–water partition coefficient (Wildman–Crippen LogP) is 4.39. The summed E-state index contributed by atoms with van der Waals surface area (Å²) < 4.78 is 42.1. The molecule has 3 nitrogen and oxygen atoms in total. The molecule has 0 radical (unpaired) electrons. The van der Waals surface area contributed by atoms with Gasteiger partial charge in [-0.2, -0.15) is 0 Å². The van der Waals surface area contributed by atoms with Crippen molar-refractivity contribution in [1.82, 2.24) is 4.72 Å². The van der Waals surface area contributed by atoms with Crippen LogP contribution in [0.1, 0.15) is 18.5 Å². The average Bonchev–Trinajstić information content (AvgIpc) is 2.41. The Labute approximate surface area is 139 Å². The minimum absolute atomic E-state index is 0.0973. The van der Waals surface area contributed by atoms with Crippen LogP contribution in [0.3, 0.4) is 0 Å². The number of halogens is 3. The Morgan fingerprint density at radius 3 is 2.48 bits per heavy atom. The van der Waals surface area contributed by atoms with Crippen LogP contribution in [0.5, 0.6) is 0 Å². The highest BCUT2D eigenvalue weighted by Gasteiger charge is 2.22. The first-order valence-electron chi connectivity index (χ1n) is 6.03. The number of sulfonamides is 1. The van der Waals surface area contributed by atoms with Crippen LogP contribution in [0.4, 0.5) is 4.39 Å². The number of nitrogens with one attached hydrogen (secondary N) is 1. The summed E-state index contributed by atoms with van der Waals surface area (Å²) in [5.41, 5.74) is 0.298. The van der Waals surface area contributed by atoms with Gasteiger partial charge in [0.2, 0.25) is 10.0 Å². The van der Waals surface area contributed by atoms with E-state index in [1.165, 1.54) is 12.1 Å². The average molecular weight is 437 g/mol. The first kappa shape index (κ1) is 16.6. The van der Waals surface area contributed by atoms with Crippen LogP contribution in [0.25, 0.3) is 0 Å². The van der Waals surface area contributed by atoms with Crippen LogP contribution in [0.15, 0.2) is 56.3 Å². The van der Waals surface area contributed by atoms with Crippen molar-refractivity contribution in [1.29, 1.82) is 0 Å². The van der Waals surface area contributed by atoms with Gasteiger partial charge in [0.1, 0.15) is 5.82 Å². The molecule has 0 bridgehead atoms. The molecule has 0 saturated carbocycles. The topological polar surface area (TPSA) is 46.2 Å². The van der Waals surface area contributed by atoms with Gasteiger partial charge >= 0.3 is 0 Å². The van der Waals surface area contributed by atoms with Gasteiger partial charge in [0.25, 0.3) is 0 Å². The van der Waals surface area contributed by atoms with Crippen LogP contribution in [0.2, 0.25) is 0 Å². The lowest BCUT2D eigenvalue weighted by molar-refractivity contribution is 0.549. The van der Waals surface area contributed by atoms with Crippen molar-refractivity contribution in [3.63, 3.8) is 0 Å². The second kappa shape index (κ2) is 6.56. The Balaban J connectivity index is 2.34. The van der Waals surface area contributed by atoms with Crippen LogP contribution in [-0.4, -0.2) is 8.42 Å². The van der Waals surface area contributed by atoms with Crippen molar-refractivity contribution in [3.05, 3.63) is 62.8 Å². The molecule has 0 saturated heterocycles. The van der Waals surface area contributed by atoms with E-state index in [0.29, 0.717) is 14.5 Å². The summed E-state index contributed by atoms with van der Waals surface area (Å²) in [5.74, 6) is -0.444. The molecular formula is C14H12Br2FNO2S. The molecule has 0 heterocycles. The number of hydrogen-bond donors (Lipinski definition) is 1. The van der Waals surface area contributed by atoms with E-state index >= 15 is 0 Å². The van der Waals surface area contributed by atoms with E-state index in [4.69, 9.17) is 0 Å². The molecule has 0 unspecified atom stereocenters. The zero-order valence-corrected chi connectivity index (χ0v) is 15.0. The maximum Gasteiger partial charge on any atom is 0.242 e. The Morgan fingerprint density at radius 2 is 1.81 bits per heavy atom. The van der Waals surface area contributed by atoms with E-state index in [-0.39, 0.29) is 4.90 Å². The normalized spacial score (nSPS) is 13.1. The minimum atomic E-state index is -3.77. The maximum absolute atomic E-state index is 13.7. The van der Waals surface area contributed by atoms with E-state index in [0.717, 1.165) is 0 Å². The zero-order chi connectivity index (χ0) is 15.6. The Morgan fingerprint density at radius 1 is 1.14 bits per heavy atom. The number of hydrogen-bond acceptors (Lipinski definition) is 2.